The number of carbonyl (C=O) groups is 1. The lowest BCUT2D eigenvalue weighted by atomic mass is 9.64. The third kappa shape index (κ3) is 8.58. The Morgan fingerprint density at radius 2 is 1.07 bits per heavy atom. The number of anilines is 4. The number of carbonyl (C=O) groups excluding carboxylic acids is 1. The molecule has 0 aliphatic heterocycles. The van der Waals surface area contributed by atoms with Crippen LogP contribution in [0.5, 0.6) is 5.75 Å². The van der Waals surface area contributed by atoms with Crippen molar-refractivity contribution in [1.29, 1.82) is 0 Å². The topological polar surface area (TPSA) is 102 Å². The predicted octanol–water partition coefficient (Wildman–Crippen LogP) is 4.95. The highest BCUT2D eigenvalue weighted by Crippen LogP contribution is 2.26. The van der Waals surface area contributed by atoms with Crippen LogP contribution in [0.3, 0.4) is 0 Å². The average molecular weight is 544 g/mol. The summed E-state index contributed by atoms with van der Waals surface area (Å²) in [5.41, 5.74) is 4.55. The van der Waals surface area contributed by atoms with E-state index in [1.165, 1.54) is 4.90 Å². The maximum absolute atomic E-state index is 12.7. The van der Waals surface area contributed by atoms with Crippen LogP contribution in [0.2, 0.25) is 6.82 Å². The summed E-state index contributed by atoms with van der Waals surface area (Å²) in [5, 5.41) is 31.1. The first-order valence-electron chi connectivity index (χ1n) is 13.1. The van der Waals surface area contributed by atoms with Gasteiger partial charge in [-0.2, -0.15) is 0 Å². The summed E-state index contributed by atoms with van der Waals surface area (Å²) < 4.78 is 5.45. The molecule has 0 saturated heterocycles. The number of amides is 1. The molecule has 0 saturated carbocycles. The number of para-hydroxylation sites is 3. The third-order valence-corrected chi connectivity index (χ3v) is 6.05. The van der Waals surface area contributed by atoms with Crippen LogP contribution in [-0.2, 0) is 0 Å². The quantitative estimate of drug-likeness (QED) is 0.216. The Hall–Kier alpha value is -4.82. The minimum absolute atomic E-state index is 0.341. The summed E-state index contributed by atoms with van der Waals surface area (Å²) >= 11 is 0. The van der Waals surface area contributed by atoms with Crippen LogP contribution in [-0.4, -0.2) is 35.2 Å². The largest absolute Gasteiger partial charge is 0.488 e. The molecule has 5 aromatic carbocycles. The second-order valence-electron chi connectivity index (χ2n) is 9.11. The van der Waals surface area contributed by atoms with Gasteiger partial charge in [-0.15, -0.1) is 0 Å². The molecule has 0 heterocycles. The zero-order valence-electron chi connectivity index (χ0n) is 22.5. The fraction of sp³-hybridized carbons (Fsp3) is 0.0312. The Bertz CT molecular complexity index is 1490. The molecule has 7 nitrogen and oxygen atoms in total. The van der Waals surface area contributed by atoms with Crippen LogP contribution in [0.4, 0.5) is 27.5 Å². The summed E-state index contributed by atoms with van der Waals surface area (Å²) in [6.07, 6.45) is -0.560. The van der Waals surface area contributed by atoms with Crippen LogP contribution in [0.1, 0.15) is 0 Å². The molecule has 0 aromatic heterocycles. The lowest BCUT2D eigenvalue weighted by molar-refractivity contribution is 0.210. The molecule has 0 radical (unpaired) electrons. The molecule has 0 aliphatic rings. The molecule has 4 N–H and O–H groups in total. The number of benzene rings is 5. The van der Waals surface area contributed by atoms with Gasteiger partial charge in [-0.25, -0.2) is 9.69 Å². The smallest absolute Gasteiger partial charge is 0.447 e. The normalized spacial score (nSPS) is 10.0. The van der Waals surface area contributed by atoms with Crippen molar-refractivity contribution < 1.29 is 24.6 Å². The van der Waals surface area contributed by atoms with Crippen molar-refractivity contribution in [2.24, 2.45) is 0 Å². The lowest BCUT2D eigenvalue weighted by Crippen LogP contribution is -2.31. The van der Waals surface area contributed by atoms with Crippen molar-refractivity contribution in [2.45, 2.75) is 6.82 Å². The first-order chi connectivity index (χ1) is 19.9. The van der Waals surface area contributed by atoms with Gasteiger partial charge >= 0.3 is 20.1 Å². The van der Waals surface area contributed by atoms with Crippen LogP contribution in [0.15, 0.2) is 140 Å². The SMILES string of the molecule is CB(O)c1ccc(Nc2ccccc2)cc1.O=C(Oc1ccccc1)N(c1ccccc1)c1ccc(B(O)O)cc1. The molecular formula is C32H30B2N2O5. The van der Waals surface area contributed by atoms with Crippen LogP contribution >= 0.6 is 0 Å². The first kappa shape index (κ1) is 29.2. The number of nitrogens with one attached hydrogen (secondary N) is 1. The Kier molecular flexibility index (Phi) is 10.3. The van der Waals surface area contributed by atoms with E-state index in [1.807, 2.05) is 78.9 Å². The first-order valence-corrected chi connectivity index (χ1v) is 13.1. The van der Waals surface area contributed by atoms with Gasteiger partial charge in [-0.3, -0.25) is 0 Å². The number of rotatable bonds is 7. The Labute approximate surface area is 240 Å². The van der Waals surface area contributed by atoms with E-state index in [4.69, 9.17) is 4.74 Å². The van der Waals surface area contributed by atoms with E-state index in [2.05, 4.69) is 5.32 Å². The standard InChI is InChI=1S/C19H16BNO4.C13H14BNO/c22-19(25-18-9-5-2-6-10-18)21(16-7-3-1-4-8-16)17-13-11-15(12-14-17)20(23)24;1-14(16)11-7-9-13(10-8-11)15-12-5-3-2-4-6-12/h1-14,23-24H;2-10,15-16H,1H3. The average Bonchev–Trinajstić information content (AvgIpc) is 3.00. The summed E-state index contributed by atoms with van der Waals surface area (Å²) in [4.78, 5) is 14.2. The van der Waals surface area contributed by atoms with Crippen molar-refractivity contribution in [1.82, 2.24) is 0 Å². The molecular weight excluding hydrogens is 514 g/mol. The Morgan fingerprint density at radius 3 is 1.61 bits per heavy atom. The van der Waals surface area contributed by atoms with E-state index in [1.54, 1.807) is 67.5 Å². The highest BCUT2D eigenvalue weighted by molar-refractivity contribution is 6.64. The van der Waals surface area contributed by atoms with Gasteiger partial charge < -0.3 is 25.1 Å². The second kappa shape index (κ2) is 14.5. The van der Waals surface area contributed by atoms with Gasteiger partial charge in [0.25, 0.3) is 0 Å². The zero-order chi connectivity index (χ0) is 29.0. The Balaban J connectivity index is 0.000000208. The van der Waals surface area contributed by atoms with Crippen molar-refractivity contribution in [3.8, 4) is 5.75 Å². The second-order valence-corrected chi connectivity index (χ2v) is 9.11. The van der Waals surface area contributed by atoms with Crippen molar-refractivity contribution in [2.75, 3.05) is 10.2 Å². The van der Waals surface area contributed by atoms with E-state index in [0.29, 0.717) is 22.6 Å². The van der Waals surface area contributed by atoms with E-state index in [0.717, 1.165) is 16.8 Å². The fourth-order valence-corrected chi connectivity index (χ4v) is 3.90. The van der Waals surface area contributed by atoms with Gasteiger partial charge in [0.1, 0.15) is 5.75 Å². The number of nitrogens with zero attached hydrogens (tertiary/aromatic N) is 1. The minimum Gasteiger partial charge on any atom is -0.447 e. The molecule has 0 unspecified atom stereocenters. The van der Waals surface area contributed by atoms with E-state index < -0.39 is 20.1 Å². The summed E-state index contributed by atoms with van der Waals surface area (Å²) in [7, 11) is -1.56. The van der Waals surface area contributed by atoms with Crippen molar-refractivity contribution in [3.05, 3.63) is 140 Å². The molecule has 1 amide bonds. The van der Waals surface area contributed by atoms with Gasteiger partial charge in [0.2, 0.25) is 0 Å². The van der Waals surface area contributed by atoms with Crippen LogP contribution in [0, 0.1) is 0 Å². The number of ether oxygens (including phenoxy) is 1. The van der Waals surface area contributed by atoms with E-state index in [9.17, 15) is 19.9 Å². The molecule has 204 valence electrons. The molecule has 0 spiro atoms. The molecule has 9 heteroatoms. The van der Waals surface area contributed by atoms with Crippen LogP contribution < -0.4 is 25.9 Å². The van der Waals surface area contributed by atoms with Gasteiger partial charge in [0.05, 0.1) is 11.4 Å². The predicted molar refractivity (Wildman–Crippen MR) is 167 cm³/mol. The third-order valence-electron chi connectivity index (χ3n) is 6.05. The molecule has 0 atom stereocenters. The molecule has 5 rings (SSSR count). The number of hydrogen-bond acceptors (Lipinski definition) is 6. The van der Waals surface area contributed by atoms with Gasteiger partial charge in [0.15, 0.2) is 0 Å². The maximum Gasteiger partial charge on any atom is 0.488 e. The minimum atomic E-state index is -1.56. The fourth-order valence-electron chi connectivity index (χ4n) is 3.90. The molecule has 41 heavy (non-hydrogen) atoms. The zero-order valence-corrected chi connectivity index (χ0v) is 22.5. The van der Waals surface area contributed by atoms with Crippen LogP contribution in [0.25, 0.3) is 0 Å². The highest BCUT2D eigenvalue weighted by atomic mass is 16.6. The van der Waals surface area contributed by atoms with E-state index >= 15 is 0 Å². The Morgan fingerprint density at radius 1 is 0.610 bits per heavy atom. The molecule has 5 aromatic rings. The van der Waals surface area contributed by atoms with Gasteiger partial charge in [0, 0.05) is 11.4 Å². The van der Waals surface area contributed by atoms with E-state index in [-0.39, 0.29) is 0 Å². The maximum atomic E-state index is 12.7. The van der Waals surface area contributed by atoms with Crippen molar-refractivity contribution >= 4 is 53.8 Å². The lowest BCUT2D eigenvalue weighted by Gasteiger charge is -2.22. The monoisotopic (exact) mass is 544 g/mol. The number of hydrogen-bond donors (Lipinski definition) is 4. The highest BCUT2D eigenvalue weighted by Gasteiger charge is 2.21. The summed E-state index contributed by atoms with van der Waals surface area (Å²) in [6, 6.07) is 42.1. The van der Waals surface area contributed by atoms with Gasteiger partial charge in [-0.1, -0.05) is 85.7 Å². The molecule has 0 aliphatic carbocycles. The summed E-state index contributed by atoms with van der Waals surface area (Å²) in [6.45, 7) is 1.35. The summed E-state index contributed by atoms with van der Waals surface area (Å²) in [5.74, 6) is 0.441. The van der Waals surface area contributed by atoms with Crippen molar-refractivity contribution in [3.63, 3.8) is 0 Å². The molecule has 0 fully saturated rings. The van der Waals surface area contributed by atoms with Gasteiger partial charge in [-0.05, 0) is 71.6 Å². The molecule has 0 bridgehead atoms.